The van der Waals surface area contributed by atoms with Gasteiger partial charge in [0.15, 0.2) is 0 Å². The number of hydroxylamine groups is 2. The number of rotatable bonds is 1. The Kier molecular flexibility index (Phi) is 1.89. The van der Waals surface area contributed by atoms with Crippen LogP contribution in [-0.4, -0.2) is 28.8 Å². The molecule has 0 bridgehead atoms. The molecule has 10 heavy (non-hydrogen) atoms. The Bertz CT molecular complexity index is 150. The van der Waals surface area contributed by atoms with Crippen LogP contribution in [-0.2, 0) is 4.79 Å². The van der Waals surface area contributed by atoms with Gasteiger partial charge in [0.05, 0.1) is 6.54 Å². The van der Waals surface area contributed by atoms with E-state index in [2.05, 4.69) is 5.43 Å². The Labute approximate surface area is 58.7 Å². The molecule has 5 nitrogen and oxygen atoms in total. The molecule has 1 aliphatic rings. The van der Waals surface area contributed by atoms with Crippen LogP contribution >= 0.6 is 0 Å². The van der Waals surface area contributed by atoms with Crippen molar-refractivity contribution in [1.29, 1.82) is 0 Å². The number of nitrogens with zero attached hydrogens (tertiary/aromatic N) is 1. The predicted octanol–water partition coefficient (Wildman–Crippen LogP) is -1.31. The van der Waals surface area contributed by atoms with Crippen molar-refractivity contribution in [3.63, 3.8) is 0 Å². The number of nitrogens with one attached hydrogen (secondary N) is 1. The standard InChI is InChI=1S/C5H11N3O2/c1-3-2-8(10)5(9)4(3)7-6/h3-4,7,10H,2,6H2,1H3/t3-,4-/m1/s1. The van der Waals surface area contributed by atoms with Crippen molar-refractivity contribution in [1.82, 2.24) is 10.5 Å². The lowest BCUT2D eigenvalue weighted by atomic mass is 10.1. The van der Waals surface area contributed by atoms with Crippen molar-refractivity contribution in [3.8, 4) is 0 Å². The number of hydrogen-bond donors (Lipinski definition) is 3. The molecule has 0 aromatic carbocycles. The lowest BCUT2D eigenvalue weighted by Gasteiger charge is -2.08. The zero-order valence-corrected chi connectivity index (χ0v) is 5.74. The van der Waals surface area contributed by atoms with E-state index in [1.807, 2.05) is 6.92 Å². The molecule has 58 valence electrons. The molecule has 1 rings (SSSR count). The molecule has 0 aromatic rings. The molecule has 1 heterocycles. The second kappa shape index (κ2) is 2.53. The highest BCUT2D eigenvalue weighted by atomic mass is 16.5. The first-order chi connectivity index (χ1) is 4.66. The molecule has 0 spiro atoms. The van der Waals surface area contributed by atoms with E-state index in [9.17, 15) is 4.79 Å². The Morgan fingerprint density at radius 3 is 2.70 bits per heavy atom. The van der Waals surface area contributed by atoms with Crippen LogP contribution in [0, 0.1) is 5.92 Å². The maximum absolute atomic E-state index is 10.9. The normalized spacial score (nSPS) is 33.5. The minimum absolute atomic E-state index is 0.0718. The van der Waals surface area contributed by atoms with Gasteiger partial charge < -0.3 is 0 Å². The van der Waals surface area contributed by atoms with Gasteiger partial charge in [0, 0.05) is 5.92 Å². The molecule has 1 fully saturated rings. The third-order valence-electron chi connectivity index (χ3n) is 1.73. The fourth-order valence-corrected chi connectivity index (χ4v) is 1.11. The van der Waals surface area contributed by atoms with E-state index in [1.54, 1.807) is 0 Å². The largest absolute Gasteiger partial charge is 0.286 e. The van der Waals surface area contributed by atoms with Crippen LogP contribution in [0.2, 0.25) is 0 Å². The summed E-state index contributed by atoms with van der Waals surface area (Å²) in [6.45, 7) is 2.20. The van der Waals surface area contributed by atoms with Gasteiger partial charge >= 0.3 is 0 Å². The summed E-state index contributed by atoms with van der Waals surface area (Å²) in [4.78, 5) is 10.9. The molecule has 0 radical (unpaired) electrons. The smallest absolute Gasteiger partial charge is 0.264 e. The SMILES string of the molecule is C[C@@H]1CN(O)C(=O)[C@@H]1NN. The van der Waals surface area contributed by atoms with E-state index in [0.717, 1.165) is 0 Å². The topological polar surface area (TPSA) is 78.6 Å². The van der Waals surface area contributed by atoms with Gasteiger partial charge in [-0.3, -0.25) is 15.8 Å². The molecule has 5 heteroatoms. The van der Waals surface area contributed by atoms with E-state index in [-0.39, 0.29) is 11.8 Å². The summed E-state index contributed by atoms with van der Waals surface area (Å²) in [5.74, 6) is 4.79. The van der Waals surface area contributed by atoms with Gasteiger partial charge in [-0.05, 0) is 0 Å². The van der Waals surface area contributed by atoms with Crippen LogP contribution < -0.4 is 11.3 Å². The highest BCUT2D eigenvalue weighted by molar-refractivity contribution is 5.83. The minimum Gasteiger partial charge on any atom is -0.286 e. The number of amides is 1. The third-order valence-corrected chi connectivity index (χ3v) is 1.73. The van der Waals surface area contributed by atoms with Crippen molar-refractivity contribution >= 4 is 5.91 Å². The first-order valence-electron chi connectivity index (χ1n) is 3.13. The zero-order valence-electron chi connectivity index (χ0n) is 5.74. The monoisotopic (exact) mass is 145 g/mol. The lowest BCUT2D eigenvalue weighted by molar-refractivity contribution is -0.158. The Morgan fingerprint density at radius 1 is 1.90 bits per heavy atom. The van der Waals surface area contributed by atoms with Crippen molar-refractivity contribution in [2.24, 2.45) is 11.8 Å². The maximum Gasteiger partial charge on any atom is 0.264 e. The minimum atomic E-state index is -0.426. The summed E-state index contributed by atoms with van der Waals surface area (Å²) in [5, 5.41) is 9.55. The summed E-state index contributed by atoms with van der Waals surface area (Å²) in [7, 11) is 0. The van der Waals surface area contributed by atoms with Crippen LogP contribution in [0.1, 0.15) is 6.92 Å². The van der Waals surface area contributed by atoms with Gasteiger partial charge in [-0.15, -0.1) is 0 Å². The second-order valence-corrected chi connectivity index (χ2v) is 2.54. The molecular formula is C5H11N3O2. The molecule has 1 saturated heterocycles. The van der Waals surface area contributed by atoms with E-state index in [4.69, 9.17) is 11.0 Å². The number of carbonyl (C=O) groups is 1. The van der Waals surface area contributed by atoms with Gasteiger partial charge in [0.1, 0.15) is 6.04 Å². The fraction of sp³-hybridized carbons (Fsp3) is 0.800. The highest BCUT2D eigenvalue weighted by Gasteiger charge is 2.36. The molecule has 2 atom stereocenters. The molecule has 1 aliphatic heterocycles. The third kappa shape index (κ3) is 0.985. The number of hydrazine groups is 1. The van der Waals surface area contributed by atoms with Crippen LogP contribution in [0.25, 0.3) is 0 Å². The summed E-state index contributed by atoms with van der Waals surface area (Å²) in [6, 6.07) is -0.426. The fourth-order valence-electron chi connectivity index (χ4n) is 1.11. The van der Waals surface area contributed by atoms with Gasteiger partial charge in [-0.1, -0.05) is 6.92 Å². The zero-order chi connectivity index (χ0) is 7.72. The predicted molar refractivity (Wildman–Crippen MR) is 33.8 cm³/mol. The summed E-state index contributed by atoms with van der Waals surface area (Å²) in [6.07, 6.45) is 0. The van der Waals surface area contributed by atoms with Gasteiger partial charge in [0.2, 0.25) is 0 Å². The lowest BCUT2D eigenvalue weighted by Crippen LogP contribution is -2.43. The van der Waals surface area contributed by atoms with Crippen molar-refractivity contribution < 1.29 is 10.0 Å². The van der Waals surface area contributed by atoms with Crippen LogP contribution in [0.3, 0.4) is 0 Å². The Hall–Kier alpha value is -0.650. The molecule has 4 N–H and O–H groups in total. The first kappa shape index (κ1) is 7.46. The maximum atomic E-state index is 10.9. The van der Waals surface area contributed by atoms with Crippen molar-refractivity contribution in [2.75, 3.05) is 6.54 Å². The number of carbonyl (C=O) groups excluding carboxylic acids is 1. The molecule has 0 saturated carbocycles. The summed E-state index contributed by atoms with van der Waals surface area (Å²) >= 11 is 0. The molecule has 1 amide bonds. The number of nitrogens with two attached hydrogens (primary N) is 1. The average Bonchev–Trinajstić information content (AvgIpc) is 2.09. The molecule has 0 aliphatic carbocycles. The highest BCUT2D eigenvalue weighted by Crippen LogP contribution is 2.14. The van der Waals surface area contributed by atoms with Crippen LogP contribution in [0.15, 0.2) is 0 Å². The Balaban J connectivity index is 2.64. The van der Waals surface area contributed by atoms with E-state index in [1.165, 1.54) is 0 Å². The van der Waals surface area contributed by atoms with Gasteiger partial charge in [-0.25, -0.2) is 10.5 Å². The molecular weight excluding hydrogens is 134 g/mol. The quantitative estimate of drug-likeness (QED) is 0.243. The molecule has 0 aromatic heterocycles. The Morgan fingerprint density at radius 2 is 2.50 bits per heavy atom. The summed E-state index contributed by atoms with van der Waals surface area (Å²) < 4.78 is 0. The van der Waals surface area contributed by atoms with Gasteiger partial charge in [-0.2, -0.15) is 0 Å². The molecule has 0 unspecified atom stereocenters. The van der Waals surface area contributed by atoms with E-state index in [0.29, 0.717) is 11.6 Å². The van der Waals surface area contributed by atoms with Crippen molar-refractivity contribution in [2.45, 2.75) is 13.0 Å². The first-order valence-corrected chi connectivity index (χ1v) is 3.13. The van der Waals surface area contributed by atoms with Gasteiger partial charge in [0.25, 0.3) is 5.91 Å². The second-order valence-electron chi connectivity index (χ2n) is 2.54. The van der Waals surface area contributed by atoms with E-state index < -0.39 is 6.04 Å². The average molecular weight is 145 g/mol. The number of hydrogen-bond acceptors (Lipinski definition) is 4. The van der Waals surface area contributed by atoms with E-state index >= 15 is 0 Å². The van der Waals surface area contributed by atoms with Crippen molar-refractivity contribution in [3.05, 3.63) is 0 Å². The summed E-state index contributed by atoms with van der Waals surface area (Å²) in [5.41, 5.74) is 2.34. The van der Waals surface area contributed by atoms with Crippen LogP contribution in [0.4, 0.5) is 0 Å². The van der Waals surface area contributed by atoms with Crippen LogP contribution in [0.5, 0.6) is 0 Å².